The van der Waals surface area contributed by atoms with E-state index in [1.54, 1.807) is 0 Å². The maximum Gasteiger partial charge on any atom is 0.173 e. The van der Waals surface area contributed by atoms with Gasteiger partial charge < -0.3 is 10.5 Å². The van der Waals surface area contributed by atoms with Gasteiger partial charge in [-0.1, -0.05) is 38.3 Å². The Labute approximate surface area is 121 Å². The molecule has 0 heterocycles. The Kier molecular flexibility index (Phi) is 5.18. The molecule has 20 heavy (non-hydrogen) atoms. The molecule has 1 saturated carbocycles. The predicted molar refractivity (Wildman–Crippen MR) is 81.1 cm³/mol. The first-order chi connectivity index (χ1) is 9.73. The highest BCUT2D eigenvalue weighted by molar-refractivity contribution is 6.03. The monoisotopic (exact) mass is 275 g/mol. The molecule has 3 heteroatoms. The Morgan fingerprint density at radius 1 is 1.25 bits per heavy atom. The third kappa shape index (κ3) is 3.04. The van der Waals surface area contributed by atoms with E-state index in [0.717, 1.165) is 32.1 Å². The summed E-state index contributed by atoms with van der Waals surface area (Å²) in [5, 5.41) is 0. The maximum atomic E-state index is 13.0. The van der Waals surface area contributed by atoms with Gasteiger partial charge in [-0.2, -0.15) is 0 Å². The molecule has 2 N–H and O–H groups in total. The zero-order valence-corrected chi connectivity index (χ0v) is 12.4. The summed E-state index contributed by atoms with van der Waals surface area (Å²) in [7, 11) is 0. The van der Waals surface area contributed by atoms with Gasteiger partial charge in [0.05, 0.1) is 12.2 Å². The molecule has 3 nitrogen and oxygen atoms in total. The molecular formula is C17H25NO2. The topological polar surface area (TPSA) is 52.3 Å². The Balaban J connectivity index is 2.27. The van der Waals surface area contributed by atoms with Crippen molar-refractivity contribution in [3.63, 3.8) is 0 Å². The van der Waals surface area contributed by atoms with Crippen molar-refractivity contribution in [1.82, 2.24) is 0 Å². The highest BCUT2D eigenvalue weighted by Crippen LogP contribution is 2.39. The van der Waals surface area contributed by atoms with Crippen LogP contribution in [0.4, 0.5) is 0 Å². The van der Waals surface area contributed by atoms with Crippen LogP contribution in [0.25, 0.3) is 0 Å². The average molecular weight is 275 g/mol. The van der Waals surface area contributed by atoms with Crippen molar-refractivity contribution >= 4 is 5.78 Å². The van der Waals surface area contributed by atoms with Crippen LogP contribution in [0.1, 0.15) is 55.8 Å². The fraction of sp³-hybridized carbons (Fsp3) is 0.588. The third-order valence-corrected chi connectivity index (χ3v) is 4.28. The smallest absolute Gasteiger partial charge is 0.173 e. The number of ether oxygens (including phenoxy) is 1. The van der Waals surface area contributed by atoms with Crippen LogP contribution in [-0.4, -0.2) is 18.9 Å². The number of rotatable bonds is 6. The van der Waals surface area contributed by atoms with Gasteiger partial charge >= 0.3 is 0 Å². The van der Waals surface area contributed by atoms with Crippen molar-refractivity contribution in [3.8, 4) is 5.75 Å². The Bertz CT molecular complexity index is 450. The third-order valence-electron chi connectivity index (χ3n) is 4.28. The lowest BCUT2D eigenvalue weighted by molar-refractivity contribution is 0.0725. The van der Waals surface area contributed by atoms with E-state index in [1.165, 1.54) is 6.42 Å². The summed E-state index contributed by atoms with van der Waals surface area (Å²) in [5.41, 5.74) is 6.30. The second-order valence-electron chi connectivity index (χ2n) is 5.72. The van der Waals surface area contributed by atoms with Crippen molar-refractivity contribution in [2.45, 2.75) is 45.4 Å². The molecule has 0 atom stereocenters. The van der Waals surface area contributed by atoms with E-state index in [1.807, 2.05) is 24.3 Å². The number of hydrogen-bond donors (Lipinski definition) is 1. The first-order valence-corrected chi connectivity index (χ1v) is 7.70. The van der Waals surface area contributed by atoms with E-state index in [-0.39, 0.29) is 11.2 Å². The van der Waals surface area contributed by atoms with Crippen molar-refractivity contribution < 1.29 is 9.53 Å². The lowest BCUT2D eigenvalue weighted by atomic mass is 9.69. The van der Waals surface area contributed by atoms with Gasteiger partial charge in [0, 0.05) is 12.0 Å². The number of carbonyl (C=O) groups is 1. The minimum Gasteiger partial charge on any atom is -0.493 e. The van der Waals surface area contributed by atoms with Gasteiger partial charge in [-0.25, -0.2) is 0 Å². The second-order valence-corrected chi connectivity index (χ2v) is 5.72. The number of ketones is 1. The molecule has 0 aliphatic heterocycles. The normalized spacial score (nSPS) is 17.7. The van der Waals surface area contributed by atoms with E-state index in [2.05, 4.69) is 6.92 Å². The molecule has 1 aliphatic carbocycles. The van der Waals surface area contributed by atoms with E-state index >= 15 is 0 Å². The SMILES string of the molecule is CCCOc1ccccc1C(=O)C1(CN)CCCCC1. The van der Waals surface area contributed by atoms with E-state index in [0.29, 0.717) is 24.5 Å². The minimum atomic E-state index is -0.371. The molecule has 0 aromatic heterocycles. The van der Waals surface area contributed by atoms with Crippen LogP contribution >= 0.6 is 0 Å². The summed E-state index contributed by atoms with van der Waals surface area (Å²) < 4.78 is 5.73. The highest BCUT2D eigenvalue weighted by atomic mass is 16.5. The van der Waals surface area contributed by atoms with Gasteiger partial charge in [-0.3, -0.25) is 4.79 Å². The molecule has 1 aliphatic rings. The van der Waals surface area contributed by atoms with Crippen LogP contribution in [0.5, 0.6) is 5.75 Å². The number of hydrogen-bond acceptors (Lipinski definition) is 3. The van der Waals surface area contributed by atoms with Gasteiger partial charge in [-0.05, 0) is 31.4 Å². The zero-order valence-electron chi connectivity index (χ0n) is 12.4. The summed E-state index contributed by atoms with van der Waals surface area (Å²) in [6.07, 6.45) is 6.16. The van der Waals surface area contributed by atoms with Gasteiger partial charge in [0.15, 0.2) is 5.78 Å². The number of carbonyl (C=O) groups excluding carboxylic acids is 1. The predicted octanol–water partition coefficient (Wildman–Crippen LogP) is 3.57. The molecule has 0 saturated heterocycles. The van der Waals surface area contributed by atoms with Crippen LogP contribution in [0.2, 0.25) is 0 Å². The Morgan fingerprint density at radius 3 is 2.60 bits per heavy atom. The first kappa shape index (κ1) is 15.0. The summed E-state index contributed by atoms with van der Waals surface area (Å²) >= 11 is 0. The van der Waals surface area contributed by atoms with Crippen LogP contribution in [0.3, 0.4) is 0 Å². The molecule has 1 fully saturated rings. The zero-order chi connectivity index (χ0) is 14.4. The van der Waals surface area contributed by atoms with Crippen molar-refractivity contribution in [1.29, 1.82) is 0 Å². The molecule has 0 spiro atoms. The van der Waals surface area contributed by atoms with Gasteiger partial charge in [0.2, 0.25) is 0 Å². The molecule has 0 radical (unpaired) electrons. The Morgan fingerprint density at radius 2 is 1.95 bits per heavy atom. The standard InChI is InChI=1S/C17H25NO2/c1-2-12-20-15-9-5-4-8-14(15)16(19)17(13-18)10-6-3-7-11-17/h4-5,8-9H,2-3,6-7,10-13,18H2,1H3. The number of nitrogens with two attached hydrogens (primary N) is 1. The molecule has 110 valence electrons. The molecular weight excluding hydrogens is 250 g/mol. The number of benzene rings is 1. The molecule has 0 unspecified atom stereocenters. The molecule has 1 aromatic rings. The largest absolute Gasteiger partial charge is 0.493 e. The lowest BCUT2D eigenvalue weighted by Crippen LogP contribution is -2.40. The number of para-hydroxylation sites is 1. The van der Waals surface area contributed by atoms with E-state index in [4.69, 9.17) is 10.5 Å². The van der Waals surface area contributed by atoms with Crippen LogP contribution in [-0.2, 0) is 0 Å². The molecule has 0 amide bonds. The maximum absolute atomic E-state index is 13.0. The van der Waals surface area contributed by atoms with Crippen molar-refractivity contribution in [3.05, 3.63) is 29.8 Å². The second kappa shape index (κ2) is 6.89. The first-order valence-electron chi connectivity index (χ1n) is 7.70. The van der Waals surface area contributed by atoms with Crippen LogP contribution in [0, 0.1) is 5.41 Å². The fourth-order valence-corrected chi connectivity index (χ4v) is 3.03. The van der Waals surface area contributed by atoms with Gasteiger partial charge in [0.1, 0.15) is 5.75 Å². The molecule has 2 rings (SSSR count). The summed E-state index contributed by atoms with van der Waals surface area (Å²) in [6.45, 7) is 3.14. The van der Waals surface area contributed by atoms with Crippen molar-refractivity contribution in [2.75, 3.05) is 13.2 Å². The fourth-order valence-electron chi connectivity index (χ4n) is 3.03. The van der Waals surface area contributed by atoms with Crippen LogP contribution in [0.15, 0.2) is 24.3 Å². The Hall–Kier alpha value is -1.35. The van der Waals surface area contributed by atoms with Gasteiger partial charge in [0.25, 0.3) is 0 Å². The van der Waals surface area contributed by atoms with E-state index in [9.17, 15) is 4.79 Å². The van der Waals surface area contributed by atoms with Crippen LogP contribution < -0.4 is 10.5 Å². The number of Topliss-reactive ketones (excluding diaryl/α,β-unsaturated/α-hetero) is 1. The van der Waals surface area contributed by atoms with E-state index < -0.39 is 0 Å². The summed E-state index contributed by atoms with van der Waals surface area (Å²) in [6, 6.07) is 7.58. The molecule has 1 aromatic carbocycles. The summed E-state index contributed by atoms with van der Waals surface area (Å²) in [5.74, 6) is 0.879. The quantitative estimate of drug-likeness (QED) is 0.807. The van der Waals surface area contributed by atoms with Crippen molar-refractivity contribution in [2.24, 2.45) is 11.1 Å². The minimum absolute atomic E-state index is 0.173. The lowest BCUT2D eigenvalue weighted by Gasteiger charge is -2.35. The molecule has 0 bridgehead atoms. The average Bonchev–Trinajstić information content (AvgIpc) is 2.53. The van der Waals surface area contributed by atoms with Gasteiger partial charge in [-0.15, -0.1) is 0 Å². The summed E-state index contributed by atoms with van der Waals surface area (Å²) in [4.78, 5) is 13.0. The highest BCUT2D eigenvalue weighted by Gasteiger charge is 2.39.